The lowest BCUT2D eigenvalue weighted by Gasteiger charge is -2.30. The van der Waals surface area contributed by atoms with Crippen molar-refractivity contribution in [2.24, 2.45) is 11.7 Å². The summed E-state index contributed by atoms with van der Waals surface area (Å²) in [5.74, 6) is -0.155. The third kappa shape index (κ3) is 10.6. The first-order valence-electron chi connectivity index (χ1n) is 16.9. The van der Waals surface area contributed by atoms with Gasteiger partial charge in [0.05, 0.1) is 12.7 Å². The predicted octanol–water partition coefficient (Wildman–Crippen LogP) is 4.17. The highest BCUT2D eigenvalue weighted by molar-refractivity contribution is 8.04. The van der Waals surface area contributed by atoms with Crippen molar-refractivity contribution in [3.05, 3.63) is 81.7 Å². The van der Waals surface area contributed by atoms with E-state index in [9.17, 15) is 14.4 Å². The lowest BCUT2D eigenvalue weighted by atomic mass is 9.91. The maximum Gasteiger partial charge on any atom is 0.245 e. The van der Waals surface area contributed by atoms with E-state index in [0.29, 0.717) is 49.8 Å². The van der Waals surface area contributed by atoms with Crippen LogP contribution in [0.2, 0.25) is 5.02 Å². The van der Waals surface area contributed by atoms with Crippen LogP contribution in [0.25, 0.3) is 0 Å². The third-order valence-electron chi connectivity index (χ3n) is 9.32. The van der Waals surface area contributed by atoms with Crippen LogP contribution in [0.15, 0.2) is 65.6 Å². The van der Waals surface area contributed by atoms with Gasteiger partial charge in [-0.2, -0.15) is 0 Å². The number of carbonyl (C=O) groups excluding carboxylic acids is 3. The van der Waals surface area contributed by atoms with Crippen molar-refractivity contribution < 1.29 is 19.1 Å². The molecular formula is C36H47ClN6O4S. The van der Waals surface area contributed by atoms with Crippen LogP contribution in [-0.4, -0.2) is 78.1 Å². The molecule has 10 nitrogen and oxygen atoms in total. The molecular weight excluding hydrogens is 648 g/mol. The second-order valence-corrected chi connectivity index (χ2v) is 14.7. The molecule has 4 atom stereocenters. The molecule has 12 heteroatoms. The third-order valence-corrected chi connectivity index (χ3v) is 10.9. The maximum absolute atomic E-state index is 14.4. The number of hydrogen-bond acceptors (Lipinski definition) is 7. The van der Waals surface area contributed by atoms with Gasteiger partial charge in [-0.15, -0.1) is 11.8 Å². The zero-order valence-corrected chi connectivity index (χ0v) is 28.9. The number of halogens is 1. The number of hydrogen-bond donors (Lipinski definition) is 5. The summed E-state index contributed by atoms with van der Waals surface area (Å²) in [5.41, 5.74) is 7.66. The number of amidine groups is 1. The molecule has 48 heavy (non-hydrogen) atoms. The van der Waals surface area contributed by atoms with Crippen LogP contribution < -0.4 is 21.7 Å². The van der Waals surface area contributed by atoms with Crippen LogP contribution >= 0.6 is 23.4 Å². The van der Waals surface area contributed by atoms with Crippen LogP contribution in [0.4, 0.5) is 0 Å². The zero-order chi connectivity index (χ0) is 33.9. The van der Waals surface area contributed by atoms with Gasteiger partial charge in [0.1, 0.15) is 17.9 Å². The van der Waals surface area contributed by atoms with Gasteiger partial charge in [0.25, 0.3) is 0 Å². The number of benzene rings is 2. The normalized spacial score (nSPS) is 21.8. The molecule has 0 saturated carbocycles. The van der Waals surface area contributed by atoms with E-state index in [1.165, 1.54) is 11.8 Å². The zero-order valence-electron chi connectivity index (χ0n) is 27.3. The van der Waals surface area contributed by atoms with Gasteiger partial charge in [-0.3, -0.25) is 19.8 Å². The fraction of sp³-hybridized carbons (Fsp3) is 0.500. The number of nitrogens with one attached hydrogen (secondary N) is 4. The Balaban J connectivity index is 1.27. The number of likely N-dealkylation sites (tertiary alicyclic amines) is 1. The van der Waals surface area contributed by atoms with E-state index in [1.807, 2.05) is 60.7 Å². The van der Waals surface area contributed by atoms with Crippen molar-refractivity contribution in [3.63, 3.8) is 0 Å². The number of aryl methyl sites for hydroxylation is 1. The van der Waals surface area contributed by atoms with Gasteiger partial charge in [-0.25, -0.2) is 0 Å². The molecule has 3 aliphatic heterocycles. The number of piperidine rings is 1. The molecule has 5 rings (SSSR count). The lowest BCUT2D eigenvalue weighted by molar-refractivity contribution is -0.141. The minimum atomic E-state index is -0.735. The van der Waals surface area contributed by atoms with Gasteiger partial charge < -0.3 is 31.3 Å². The van der Waals surface area contributed by atoms with E-state index in [2.05, 4.69) is 16.0 Å². The van der Waals surface area contributed by atoms with Crippen LogP contribution in [0.5, 0.6) is 0 Å². The first-order valence-corrected chi connectivity index (χ1v) is 18.2. The van der Waals surface area contributed by atoms with Crippen molar-refractivity contribution in [1.82, 2.24) is 20.9 Å². The summed E-state index contributed by atoms with van der Waals surface area (Å²) in [6, 6.07) is 15.8. The molecule has 2 aromatic carbocycles. The minimum Gasteiger partial charge on any atom is -0.383 e. The van der Waals surface area contributed by atoms with Crippen LogP contribution in [0, 0.1) is 11.3 Å². The monoisotopic (exact) mass is 694 g/mol. The van der Waals surface area contributed by atoms with E-state index < -0.39 is 12.1 Å². The van der Waals surface area contributed by atoms with Crippen molar-refractivity contribution in [1.29, 1.82) is 5.41 Å². The van der Waals surface area contributed by atoms with E-state index in [-0.39, 0.29) is 47.9 Å². The average molecular weight is 695 g/mol. The summed E-state index contributed by atoms with van der Waals surface area (Å²) < 4.78 is 6.25. The minimum absolute atomic E-state index is 0.0309. The standard InChI is InChI=1S/C36H47ClN6O4S/c37-27-10-6-26(7-11-27)23-47-28-20-31(35(45)41-21-29-12-14-32(48-29)34(38)39)43(22-28)36(46)30(13-8-25-16-18-40-19-17-25)42-33(44)15-9-24-4-2-1-3-5-24/h1-7,10-11,14,25,28-31,40H,8-9,12-13,15-23H2,(H3,38,39)(H,41,45)(H,42,44)/t28-,29?,30-,31+/m1/s1. The van der Waals surface area contributed by atoms with Crippen molar-refractivity contribution in [2.45, 2.75) is 81.4 Å². The van der Waals surface area contributed by atoms with Gasteiger partial charge in [0.2, 0.25) is 17.7 Å². The Labute approximate surface area is 292 Å². The molecule has 258 valence electrons. The summed E-state index contributed by atoms with van der Waals surface area (Å²) in [7, 11) is 0. The molecule has 1 unspecified atom stereocenters. The van der Waals surface area contributed by atoms with Crippen LogP contribution in [0.1, 0.15) is 56.1 Å². The van der Waals surface area contributed by atoms with Gasteiger partial charge in [0.15, 0.2) is 0 Å². The molecule has 2 saturated heterocycles. The Morgan fingerprint density at radius 3 is 2.54 bits per heavy atom. The number of amides is 3. The Kier molecular flexibility index (Phi) is 13.4. The van der Waals surface area contributed by atoms with Crippen molar-refractivity contribution >= 4 is 46.9 Å². The summed E-state index contributed by atoms with van der Waals surface area (Å²) in [5, 5.41) is 17.9. The fourth-order valence-corrected chi connectivity index (χ4v) is 7.71. The van der Waals surface area contributed by atoms with E-state index in [4.69, 9.17) is 27.5 Å². The Morgan fingerprint density at radius 2 is 1.83 bits per heavy atom. The second-order valence-electron chi connectivity index (χ2n) is 12.9. The maximum atomic E-state index is 14.4. The molecule has 3 aliphatic rings. The Bertz CT molecular complexity index is 1440. The molecule has 2 aromatic rings. The number of rotatable bonds is 15. The first-order chi connectivity index (χ1) is 23.2. The molecule has 0 aliphatic carbocycles. The number of allylic oxidation sites excluding steroid dienone is 1. The number of ether oxygens (including phenoxy) is 1. The lowest BCUT2D eigenvalue weighted by Crippen LogP contribution is -2.54. The van der Waals surface area contributed by atoms with Crippen LogP contribution in [0.3, 0.4) is 0 Å². The molecule has 3 heterocycles. The second kappa shape index (κ2) is 17.9. The summed E-state index contributed by atoms with van der Waals surface area (Å²) in [6.07, 6.45) is 6.88. The van der Waals surface area contributed by atoms with Crippen molar-refractivity contribution in [2.75, 3.05) is 26.2 Å². The fourth-order valence-electron chi connectivity index (χ4n) is 6.55. The smallest absolute Gasteiger partial charge is 0.245 e. The number of carbonyl (C=O) groups is 3. The molecule has 0 bridgehead atoms. The summed E-state index contributed by atoms with van der Waals surface area (Å²) in [6.45, 7) is 2.88. The Hall–Kier alpha value is -3.38. The number of nitrogens with zero attached hydrogens (tertiary/aromatic N) is 1. The Morgan fingerprint density at radius 1 is 1.08 bits per heavy atom. The molecule has 0 aromatic heterocycles. The van der Waals surface area contributed by atoms with Crippen molar-refractivity contribution in [3.8, 4) is 0 Å². The van der Waals surface area contributed by atoms with E-state index >= 15 is 0 Å². The van der Waals surface area contributed by atoms with Gasteiger partial charge in [-0.05, 0) is 80.8 Å². The molecule has 0 radical (unpaired) electrons. The molecule has 6 N–H and O–H groups in total. The SMILES string of the molecule is N=C(N)C1=CCC(CNC(=O)[C@@H]2C[C@@H](OCc3ccc(Cl)cc3)CN2C(=O)[C@@H](CCC2CCNCC2)NC(=O)CCc2ccccc2)S1. The largest absolute Gasteiger partial charge is 0.383 e. The summed E-state index contributed by atoms with van der Waals surface area (Å²) in [4.78, 5) is 43.7. The number of thioether (sulfide) groups is 1. The number of nitrogens with two attached hydrogens (primary N) is 1. The van der Waals surface area contributed by atoms with Gasteiger partial charge in [-0.1, -0.05) is 60.1 Å². The molecule has 3 amide bonds. The highest BCUT2D eigenvalue weighted by Crippen LogP contribution is 2.32. The van der Waals surface area contributed by atoms with E-state index in [0.717, 1.165) is 48.4 Å². The highest BCUT2D eigenvalue weighted by atomic mass is 35.5. The molecule has 0 spiro atoms. The highest BCUT2D eigenvalue weighted by Gasteiger charge is 2.42. The van der Waals surface area contributed by atoms with Gasteiger partial charge >= 0.3 is 0 Å². The van der Waals surface area contributed by atoms with Gasteiger partial charge in [0, 0.05) is 41.1 Å². The average Bonchev–Trinajstić information content (AvgIpc) is 3.77. The summed E-state index contributed by atoms with van der Waals surface area (Å²) >= 11 is 7.54. The molecule has 2 fully saturated rings. The van der Waals surface area contributed by atoms with E-state index in [1.54, 1.807) is 4.90 Å². The van der Waals surface area contributed by atoms with Crippen LogP contribution in [-0.2, 0) is 32.1 Å². The first kappa shape index (κ1) is 35.9. The quantitative estimate of drug-likeness (QED) is 0.139. The predicted molar refractivity (Wildman–Crippen MR) is 191 cm³/mol. The topological polar surface area (TPSA) is 150 Å².